The van der Waals surface area contributed by atoms with E-state index in [1.807, 2.05) is 103 Å². The third-order valence-corrected chi connectivity index (χ3v) is 7.76. The minimum Gasteiger partial charge on any atom is -0.457 e. The van der Waals surface area contributed by atoms with Gasteiger partial charge in [-0.2, -0.15) is 0 Å². The summed E-state index contributed by atoms with van der Waals surface area (Å²) in [6, 6.07) is 56.5. The predicted octanol–water partition coefficient (Wildman–Crippen LogP) is 10.5. The van der Waals surface area contributed by atoms with Crippen LogP contribution in [0.3, 0.4) is 0 Å². The second-order valence-corrected chi connectivity index (χ2v) is 10.7. The molecule has 0 atom stereocenters. The summed E-state index contributed by atoms with van der Waals surface area (Å²) in [5, 5.41) is 5.83. The molecule has 8 rings (SSSR count). The Balaban J connectivity index is 1.21. The molecule has 0 aliphatic rings. The first-order chi connectivity index (χ1) is 22.3. The van der Waals surface area contributed by atoms with Crippen molar-refractivity contribution < 1.29 is 14.4 Å². The van der Waals surface area contributed by atoms with Gasteiger partial charge in [0.1, 0.15) is 17.2 Å². The van der Waals surface area contributed by atoms with Crippen LogP contribution in [0, 0.1) is 0 Å². The van der Waals surface area contributed by atoms with Crippen LogP contribution in [0.2, 0.25) is 0 Å². The van der Waals surface area contributed by atoms with Crippen molar-refractivity contribution in [1.82, 2.24) is 4.57 Å². The van der Waals surface area contributed by atoms with Gasteiger partial charge < -0.3 is 19.0 Å². The zero-order valence-electron chi connectivity index (χ0n) is 24.3. The van der Waals surface area contributed by atoms with Crippen LogP contribution >= 0.6 is 0 Å². The fraction of sp³-hybridized carbons (Fsp3) is 0. The molecule has 7 aromatic carbocycles. The monoisotopic (exact) mass is 584 g/mol. The summed E-state index contributed by atoms with van der Waals surface area (Å²) >= 11 is 0. The van der Waals surface area contributed by atoms with Crippen molar-refractivity contribution in [2.24, 2.45) is 0 Å². The Kier molecular flexibility index (Phi) is 6.74. The van der Waals surface area contributed by atoms with Crippen LogP contribution in [0.4, 0.5) is 5.69 Å². The summed E-state index contributed by atoms with van der Waals surface area (Å²) in [7, 11) is 0. The van der Waals surface area contributed by atoms with Crippen LogP contribution in [0.15, 0.2) is 170 Å². The number of anilines is 1. The number of hydrogen-bond acceptors (Lipinski definition) is 4. The molecule has 1 heterocycles. The van der Waals surface area contributed by atoms with Crippen LogP contribution in [0.1, 0.15) is 0 Å². The van der Waals surface area contributed by atoms with Gasteiger partial charge in [0.05, 0.1) is 11.0 Å². The van der Waals surface area contributed by atoms with E-state index >= 15 is 0 Å². The molecule has 216 valence electrons. The van der Waals surface area contributed by atoms with Crippen molar-refractivity contribution in [3.8, 4) is 28.7 Å². The van der Waals surface area contributed by atoms with Gasteiger partial charge in [0.15, 0.2) is 11.5 Å². The van der Waals surface area contributed by atoms with Crippen LogP contribution in [0.25, 0.3) is 38.3 Å². The molecule has 0 aliphatic carbocycles. The highest BCUT2D eigenvalue weighted by Gasteiger charge is 2.18. The molecule has 0 aliphatic heterocycles. The number of fused-ring (bicyclic) bond motifs is 4. The van der Waals surface area contributed by atoms with Gasteiger partial charge in [-0.3, -0.25) is 0 Å². The van der Waals surface area contributed by atoms with E-state index in [9.17, 15) is 0 Å². The molecule has 8 aromatic rings. The molecule has 0 radical (unpaired) electrons. The average molecular weight is 585 g/mol. The van der Waals surface area contributed by atoms with Crippen molar-refractivity contribution in [3.63, 3.8) is 0 Å². The molecule has 45 heavy (non-hydrogen) atoms. The lowest BCUT2D eigenvalue weighted by atomic mass is 10.1. The minimum atomic E-state index is 0.641. The van der Waals surface area contributed by atoms with E-state index < -0.39 is 0 Å². The fourth-order valence-electron chi connectivity index (χ4n) is 5.77. The van der Waals surface area contributed by atoms with Crippen LogP contribution in [-0.2, 0) is 0 Å². The van der Waals surface area contributed by atoms with Crippen molar-refractivity contribution in [2.75, 3.05) is 5.23 Å². The van der Waals surface area contributed by atoms with Gasteiger partial charge in [-0.15, -0.1) is 0 Å². The topological polar surface area (TPSA) is 35.9 Å². The first-order valence-corrected chi connectivity index (χ1v) is 14.9. The summed E-state index contributed by atoms with van der Waals surface area (Å²) in [6.07, 6.45) is 0. The Morgan fingerprint density at radius 2 is 0.933 bits per heavy atom. The SMILES string of the molecule is c1ccc(ON(Oc2ccccc2)c2cc(Oc3cccc(-n4c5ccccc5c5ccccc54)c3)cc3ccccc23)cc1. The van der Waals surface area contributed by atoms with Gasteiger partial charge in [-0.1, -0.05) is 103 Å². The molecule has 0 amide bonds. The van der Waals surface area contributed by atoms with E-state index in [-0.39, 0.29) is 0 Å². The lowest BCUT2D eigenvalue weighted by Crippen LogP contribution is -2.31. The lowest BCUT2D eigenvalue weighted by Gasteiger charge is -2.25. The maximum Gasteiger partial charge on any atom is 0.159 e. The van der Waals surface area contributed by atoms with E-state index in [2.05, 4.69) is 71.3 Å². The predicted molar refractivity (Wildman–Crippen MR) is 181 cm³/mol. The summed E-state index contributed by atoms with van der Waals surface area (Å²) in [5.41, 5.74) is 4.02. The molecule has 0 saturated heterocycles. The molecule has 0 N–H and O–H groups in total. The van der Waals surface area contributed by atoms with Crippen LogP contribution < -0.4 is 19.6 Å². The minimum absolute atomic E-state index is 0.641. The molecule has 0 saturated carbocycles. The van der Waals surface area contributed by atoms with E-state index in [0.29, 0.717) is 22.9 Å². The summed E-state index contributed by atoms with van der Waals surface area (Å²) < 4.78 is 8.87. The molecule has 0 unspecified atom stereocenters. The smallest absolute Gasteiger partial charge is 0.159 e. The molecular weight excluding hydrogens is 556 g/mol. The Hall–Kier alpha value is -6.20. The molecule has 0 fully saturated rings. The van der Waals surface area contributed by atoms with Gasteiger partial charge in [0.2, 0.25) is 0 Å². The number of para-hydroxylation sites is 4. The highest BCUT2D eigenvalue weighted by atomic mass is 16.9. The molecule has 0 spiro atoms. The average Bonchev–Trinajstić information content (AvgIpc) is 3.43. The third-order valence-electron chi connectivity index (χ3n) is 7.76. The van der Waals surface area contributed by atoms with Crippen molar-refractivity contribution in [1.29, 1.82) is 0 Å². The fourth-order valence-corrected chi connectivity index (χ4v) is 5.77. The van der Waals surface area contributed by atoms with Gasteiger partial charge in [-0.05, 0) is 65.2 Å². The number of nitrogens with zero attached hydrogens (tertiary/aromatic N) is 2. The van der Waals surface area contributed by atoms with E-state index in [1.54, 1.807) is 0 Å². The van der Waals surface area contributed by atoms with E-state index in [4.69, 9.17) is 14.4 Å². The van der Waals surface area contributed by atoms with Crippen molar-refractivity contribution in [3.05, 3.63) is 170 Å². The second-order valence-electron chi connectivity index (χ2n) is 10.7. The number of hydrogen-bond donors (Lipinski definition) is 0. The standard InChI is InChI=1S/C40H28N2O3/c1-3-16-31(17-4-1)44-42(45-32-18-5-2-6-19-32)40-28-34(26-29-14-7-8-21-35(29)40)43-33-20-13-15-30(27-33)41-38-24-11-9-22-36(38)37-23-10-12-25-39(37)41/h1-28H. The Labute approximate surface area is 260 Å². The maximum absolute atomic E-state index is 6.59. The molecular formula is C40H28N2O3. The highest BCUT2D eigenvalue weighted by Crippen LogP contribution is 2.37. The summed E-state index contributed by atoms with van der Waals surface area (Å²) in [5.74, 6) is 2.65. The summed E-state index contributed by atoms with van der Waals surface area (Å²) in [6.45, 7) is 0. The second kappa shape index (κ2) is 11.5. The Morgan fingerprint density at radius 1 is 0.400 bits per heavy atom. The largest absolute Gasteiger partial charge is 0.457 e. The molecule has 5 heteroatoms. The van der Waals surface area contributed by atoms with Crippen molar-refractivity contribution >= 4 is 38.3 Å². The van der Waals surface area contributed by atoms with Gasteiger partial charge in [0.25, 0.3) is 0 Å². The zero-order chi connectivity index (χ0) is 30.0. The molecule has 1 aromatic heterocycles. The number of aromatic nitrogens is 1. The number of benzene rings is 7. The third kappa shape index (κ3) is 5.17. The lowest BCUT2D eigenvalue weighted by molar-refractivity contribution is 0.0737. The van der Waals surface area contributed by atoms with E-state index in [1.165, 1.54) is 16.0 Å². The summed E-state index contributed by atoms with van der Waals surface area (Å²) in [4.78, 5) is 12.6. The molecule has 5 nitrogen and oxygen atoms in total. The quantitative estimate of drug-likeness (QED) is 0.167. The molecule has 0 bridgehead atoms. The van der Waals surface area contributed by atoms with Crippen molar-refractivity contribution in [2.45, 2.75) is 0 Å². The normalized spacial score (nSPS) is 11.1. The maximum atomic E-state index is 6.59. The zero-order valence-corrected chi connectivity index (χ0v) is 24.3. The highest BCUT2D eigenvalue weighted by molar-refractivity contribution is 6.09. The Morgan fingerprint density at radius 3 is 1.58 bits per heavy atom. The van der Waals surface area contributed by atoms with Crippen LogP contribution in [0.5, 0.6) is 23.0 Å². The van der Waals surface area contributed by atoms with Gasteiger partial charge >= 0.3 is 0 Å². The first-order valence-electron chi connectivity index (χ1n) is 14.9. The van der Waals surface area contributed by atoms with Gasteiger partial charge in [-0.25, -0.2) is 0 Å². The first kappa shape index (κ1) is 26.4. The van der Waals surface area contributed by atoms with E-state index in [0.717, 1.165) is 33.2 Å². The number of rotatable bonds is 8. The number of ether oxygens (including phenoxy) is 1. The van der Waals surface area contributed by atoms with Gasteiger partial charge in [0, 0.05) is 34.0 Å². The Bertz CT molecular complexity index is 2170. The van der Waals surface area contributed by atoms with Crippen LogP contribution in [-0.4, -0.2) is 4.57 Å².